The smallest absolute Gasteiger partial charge is 0.0517 e. The molecule has 0 aliphatic carbocycles. The monoisotopic (exact) mass is 260 g/mol. The molecule has 74 valence electrons. The van der Waals surface area contributed by atoms with Gasteiger partial charge in [-0.1, -0.05) is 36.2 Å². The molecule has 0 nitrogen and oxygen atoms in total. The highest BCUT2D eigenvalue weighted by molar-refractivity contribution is 9.09. The van der Waals surface area contributed by atoms with Gasteiger partial charge in [-0.15, -0.1) is 11.3 Å². The molecule has 0 saturated carbocycles. The average Bonchev–Trinajstić information content (AvgIpc) is 2.42. The van der Waals surface area contributed by atoms with Gasteiger partial charge in [-0.05, 0) is 31.4 Å². The summed E-state index contributed by atoms with van der Waals surface area (Å²) in [6.45, 7) is 8.93. The highest BCUT2D eigenvalue weighted by atomic mass is 79.9. The minimum Gasteiger partial charge on any atom is -0.144 e. The van der Waals surface area contributed by atoms with Crippen LogP contribution in [0, 0.1) is 19.8 Å². The van der Waals surface area contributed by atoms with E-state index in [9.17, 15) is 0 Å². The van der Waals surface area contributed by atoms with Gasteiger partial charge in [0.15, 0.2) is 0 Å². The Morgan fingerprint density at radius 2 is 2.08 bits per heavy atom. The molecule has 2 unspecified atom stereocenters. The maximum Gasteiger partial charge on any atom is 0.0517 e. The van der Waals surface area contributed by atoms with E-state index in [1.807, 2.05) is 11.3 Å². The molecule has 1 rings (SSSR count). The zero-order chi connectivity index (χ0) is 10.0. The third kappa shape index (κ3) is 2.57. The molecule has 0 radical (unpaired) electrons. The SMILES string of the molecule is CCC(C)C(Br)c1sc(C)cc1C. The van der Waals surface area contributed by atoms with Crippen LogP contribution in [0.4, 0.5) is 0 Å². The summed E-state index contributed by atoms with van der Waals surface area (Å²) in [7, 11) is 0. The van der Waals surface area contributed by atoms with Crippen LogP contribution in [-0.4, -0.2) is 0 Å². The Morgan fingerprint density at radius 1 is 1.46 bits per heavy atom. The van der Waals surface area contributed by atoms with Crippen LogP contribution in [-0.2, 0) is 0 Å². The molecule has 1 aromatic rings. The predicted molar refractivity (Wildman–Crippen MR) is 64.9 cm³/mol. The molecule has 0 fully saturated rings. The van der Waals surface area contributed by atoms with E-state index in [0.717, 1.165) is 5.92 Å². The third-order valence-corrected chi connectivity index (χ3v) is 5.37. The van der Waals surface area contributed by atoms with Crippen LogP contribution >= 0.6 is 27.3 Å². The first kappa shape index (κ1) is 11.3. The van der Waals surface area contributed by atoms with Crippen molar-refractivity contribution in [2.75, 3.05) is 0 Å². The maximum absolute atomic E-state index is 3.79. The lowest BCUT2D eigenvalue weighted by Gasteiger charge is -2.15. The number of hydrogen-bond donors (Lipinski definition) is 0. The van der Waals surface area contributed by atoms with Crippen LogP contribution in [0.2, 0.25) is 0 Å². The second-order valence-electron chi connectivity index (χ2n) is 3.69. The second kappa shape index (κ2) is 4.61. The molecule has 2 atom stereocenters. The van der Waals surface area contributed by atoms with Crippen molar-refractivity contribution in [2.45, 2.75) is 38.9 Å². The number of hydrogen-bond acceptors (Lipinski definition) is 1. The second-order valence-corrected chi connectivity index (χ2v) is 5.97. The van der Waals surface area contributed by atoms with Crippen molar-refractivity contribution in [3.63, 3.8) is 0 Å². The van der Waals surface area contributed by atoms with E-state index in [1.165, 1.54) is 21.7 Å². The molecule has 0 spiro atoms. The standard InChI is InChI=1S/C11H17BrS/c1-5-7(2)10(12)11-8(3)6-9(4)13-11/h6-7,10H,5H2,1-4H3. The first-order chi connectivity index (χ1) is 6.06. The van der Waals surface area contributed by atoms with Gasteiger partial charge >= 0.3 is 0 Å². The van der Waals surface area contributed by atoms with E-state index in [1.54, 1.807) is 0 Å². The minimum atomic E-state index is 0.538. The first-order valence-electron chi connectivity index (χ1n) is 4.77. The fourth-order valence-corrected chi connectivity index (χ4v) is 3.56. The summed E-state index contributed by atoms with van der Waals surface area (Å²) in [5, 5.41) is 0. The van der Waals surface area contributed by atoms with Gasteiger partial charge in [-0.2, -0.15) is 0 Å². The summed E-state index contributed by atoms with van der Waals surface area (Å²) in [5.41, 5.74) is 1.43. The van der Waals surface area contributed by atoms with Crippen LogP contribution in [0.1, 0.15) is 40.4 Å². The summed E-state index contributed by atoms with van der Waals surface area (Å²) in [5.74, 6) is 0.719. The molecule has 1 heterocycles. The van der Waals surface area contributed by atoms with Gasteiger partial charge in [0.2, 0.25) is 0 Å². The number of alkyl halides is 1. The molecule has 0 saturated heterocycles. The average molecular weight is 261 g/mol. The van der Waals surface area contributed by atoms with Gasteiger partial charge in [0.1, 0.15) is 0 Å². The van der Waals surface area contributed by atoms with E-state index in [4.69, 9.17) is 0 Å². The summed E-state index contributed by atoms with van der Waals surface area (Å²) in [6.07, 6.45) is 1.23. The van der Waals surface area contributed by atoms with E-state index >= 15 is 0 Å². The van der Waals surface area contributed by atoms with E-state index in [-0.39, 0.29) is 0 Å². The number of halogens is 1. The van der Waals surface area contributed by atoms with Gasteiger partial charge in [0, 0.05) is 9.75 Å². The topological polar surface area (TPSA) is 0 Å². The molecule has 1 aromatic heterocycles. The molecule has 0 bridgehead atoms. The quantitative estimate of drug-likeness (QED) is 0.682. The van der Waals surface area contributed by atoms with Crippen LogP contribution < -0.4 is 0 Å². The Kier molecular flexibility index (Phi) is 3.99. The summed E-state index contributed by atoms with van der Waals surface area (Å²) in [4.78, 5) is 3.46. The van der Waals surface area contributed by atoms with Crippen molar-refractivity contribution >= 4 is 27.3 Å². The first-order valence-corrected chi connectivity index (χ1v) is 6.50. The molecular weight excluding hydrogens is 244 g/mol. The molecule has 0 N–H and O–H groups in total. The van der Waals surface area contributed by atoms with Crippen molar-refractivity contribution in [3.05, 3.63) is 21.4 Å². The number of aryl methyl sites for hydroxylation is 2. The highest BCUT2D eigenvalue weighted by Crippen LogP contribution is 2.38. The van der Waals surface area contributed by atoms with Crippen LogP contribution in [0.25, 0.3) is 0 Å². The Morgan fingerprint density at radius 3 is 2.46 bits per heavy atom. The Bertz CT molecular complexity index is 278. The zero-order valence-electron chi connectivity index (χ0n) is 8.73. The van der Waals surface area contributed by atoms with Gasteiger partial charge < -0.3 is 0 Å². The largest absolute Gasteiger partial charge is 0.144 e. The van der Waals surface area contributed by atoms with Crippen LogP contribution in [0.3, 0.4) is 0 Å². The molecule has 0 amide bonds. The van der Waals surface area contributed by atoms with Gasteiger partial charge in [0.05, 0.1) is 4.83 Å². The van der Waals surface area contributed by atoms with Crippen LogP contribution in [0.15, 0.2) is 6.07 Å². The van der Waals surface area contributed by atoms with Gasteiger partial charge in [-0.25, -0.2) is 0 Å². The van der Waals surface area contributed by atoms with Crippen molar-refractivity contribution in [3.8, 4) is 0 Å². The zero-order valence-corrected chi connectivity index (χ0v) is 11.1. The third-order valence-electron chi connectivity index (χ3n) is 2.47. The Labute approximate surface area is 93.5 Å². The fraction of sp³-hybridized carbons (Fsp3) is 0.636. The molecule has 0 aliphatic rings. The summed E-state index contributed by atoms with van der Waals surface area (Å²) in [6, 6.07) is 2.27. The van der Waals surface area contributed by atoms with E-state index < -0.39 is 0 Å². The maximum atomic E-state index is 3.79. The van der Waals surface area contributed by atoms with Gasteiger partial charge in [-0.3, -0.25) is 0 Å². The van der Waals surface area contributed by atoms with Crippen molar-refractivity contribution < 1.29 is 0 Å². The van der Waals surface area contributed by atoms with Gasteiger partial charge in [0.25, 0.3) is 0 Å². The molecular formula is C11H17BrS. The normalized spacial score (nSPS) is 15.8. The van der Waals surface area contributed by atoms with Crippen molar-refractivity contribution in [1.82, 2.24) is 0 Å². The van der Waals surface area contributed by atoms with E-state index in [2.05, 4.69) is 49.7 Å². The molecule has 0 aliphatic heterocycles. The van der Waals surface area contributed by atoms with Crippen molar-refractivity contribution in [2.24, 2.45) is 5.92 Å². The Balaban J connectivity index is 2.87. The van der Waals surface area contributed by atoms with Crippen molar-refractivity contribution in [1.29, 1.82) is 0 Å². The van der Waals surface area contributed by atoms with E-state index in [0.29, 0.717) is 4.83 Å². The minimum absolute atomic E-state index is 0.538. The number of thiophene rings is 1. The molecule has 13 heavy (non-hydrogen) atoms. The fourth-order valence-electron chi connectivity index (χ4n) is 1.40. The lowest BCUT2D eigenvalue weighted by molar-refractivity contribution is 0.559. The lowest BCUT2D eigenvalue weighted by Crippen LogP contribution is -2.00. The summed E-state index contributed by atoms with van der Waals surface area (Å²) < 4.78 is 0. The predicted octanol–water partition coefficient (Wildman–Crippen LogP) is 4.85. The Hall–Kier alpha value is 0.180. The lowest BCUT2D eigenvalue weighted by atomic mass is 10.0. The molecule has 2 heteroatoms. The number of rotatable bonds is 3. The summed E-state index contributed by atoms with van der Waals surface area (Å²) >= 11 is 5.71. The highest BCUT2D eigenvalue weighted by Gasteiger charge is 2.18. The molecule has 0 aromatic carbocycles. The van der Waals surface area contributed by atoms with Crippen LogP contribution in [0.5, 0.6) is 0 Å².